The van der Waals surface area contributed by atoms with Crippen molar-refractivity contribution in [3.8, 4) is 11.5 Å². The lowest BCUT2D eigenvalue weighted by Crippen LogP contribution is -2.29. The molecule has 7 heteroatoms. The lowest BCUT2D eigenvalue weighted by molar-refractivity contribution is 0.0937. The van der Waals surface area contributed by atoms with Gasteiger partial charge in [0.25, 0.3) is 5.91 Å². The summed E-state index contributed by atoms with van der Waals surface area (Å²) in [7, 11) is 0. The smallest absolute Gasteiger partial charge is 0.252 e. The molecule has 1 aromatic carbocycles. The van der Waals surface area contributed by atoms with Gasteiger partial charge in [-0.3, -0.25) is 4.79 Å². The Balaban J connectivity index is 1.72. The van der Waals surface area contributed by atoms with E-state index in [1.54, 1.807) is 18.2 Å². The highest BCUT2D eigenvalue weighted by atomic mass is 16.7. The van der Waals surface area contributed by atoms with Gasteiger partial charge in [0.2, 0.25) is 6.79 Å². The van der Waals surface area contributed by atoms with E-state index in [9.17, 15) is 4.79 Å². The molecule has 0 aliphatic carbocycles. The van der Waals surface area contributed by atoms with Crippen LogP contribution in [0.5, 0.6) is 11.5 Å². The Kier molecular flexibility index (Phi) is 3.95. The standard InChI is InChI=1S/C15H18N4O3/c1-3-6-19-14(16-8-17-19)10(2)18-15(20)11-4-5-12-13(7-11)22-9-21-12/h4-5,7-8,10H,3,6,9H2,1-2H3,(H,18,20)/t10-/m0/s1. The molecule has 2 heterocycles. The molecular weight excluding hydrogens is 284 g/mol. The number of carbonyl (C=O) groups is 1. The average Bonchev–Trinajstić information content (AvgIpc) is 3.15. The van der Waals surface area contributed by atoms with E-state index < -0.39 is 0 Å². The van der Waals surface area contributed by atoms with Crippen LogP contribution in [-0.2, 0) is 6.54 Å². The Morgan fingerprint density at radius 2 is 2.23 bits per heavy atom. The number of fused-ring (bicyclic) bond motifs is 1. The summed E-state index contributed by atoms with van der Waals surface area (Å²) in [5, 5.41) is 7.10. The molecule has 1 aliphatic rings. The van der Waals surface area contributed by atoms with Crippen LogP contribution in [-0.4, -0.2) is 27.5 Å². The van der Waals surface area contributed by atoms with Crippen LogP contribution in [0.3, 0.4) is 0 Å². The van der Waals surface area contributed by atoms with Crippen LogP contribution >= 0.6 is 0 Å². The summed E-state index contributed by atoms with van der Waals surface area (Å²) in [5.41, 5.74) is 0.526. The van der Waals surface area contributed by atoms with Crippen molar-refractivity contribution >= 4 is 5.91 Å². The van der Waals surface area contributed by atoms with E-state index >= 15 is 0 Å². The number of hydrogen-bond donors (Lipinski definition) is 1. The van der Waals surface area contributed by atoms with Gasteiger partial charge in [-0.2, -0.15) is 5.10 Å². The third kappa shape index (κ3) is 2.74. The van der Waals surface area contributed by atoms with Crippen molar-refractivity contribution in [2.75, 3.05) is 6.79 Å². The van der Waals surface area contributed by atoms with Crippen molar-refractivity contribution in [3.05, 3.63) is 35.9 Å². The fourth-order valence-corrected chi connectivity index (χ4v) is 2.37. The topological polar surface area (TPSA) is 78.3 Å². The van der Waals surface area contributed by atoms with Gasteiger partial charge < -0.3 is 14.8 Å². The predicted molar refractivity (Wildman–Crippen MR) is 78.8 cm³/mol. The maximum absolute atomic E-state index is 12.4. The summed E-state index contributed by atoms with van der Waals surface area (Å²) < 4.78 is 12.3. The SMILES string of the molecule is CCCn1ncnc1[C@H](C)NC(=O)c1ccc2c(c1)OCO2. The zero-order chi connectivity index (χ0) is 15.5. The number of nitrogens with one attached hydrogen (secondary N) is 1. The third-order valence-corrected chi connectivity index (χ3v) is 3.45. The Labute approximate surface area is 128 Å². The predicted octanol–water partition coefficient (Wildman–Crippen LogP) is 1.91. The first-order chi connectivity index (χ1) is 10.7. The van der Waals surface area contributed by atoms with E-state index in [0.717, 1.165) is 18.8 Å². The molecule has 2 aromatic rings. The zero-order valence-electron chi connectivity index (χ0n) is 12.6. The molecule has 0 bridgehead atoms. The summed E-state index contributed by atoms with van der Waals surface area (Å²) in [5.74, 6) is 1.81. The van der Waals surface area contributed by atoms with Gasteiger partial charge in [-0.05, 0) is 31.5 Å². The zero-order valence-corrected chi connectivity index (χ0v) is 12.6. The third-order valence-electron chi connectivity index (χ3n) is 3.45. The van der Waals surface area contributed by atoms with E-state index in [4.69, 9.17) is 9.47 Å². The number of aromatic nitrogens is 3. The number of aryl methyl sites for hydroxylation is 1. The minimum Gasteiger partial charge on any atom is -0.454 e. The fourth-order valence-electron chi connectivity index (χ4n) is 2.37. The normalized spacial score (nSPS) is 13.9. The Morgan fingerprint density at radius 3 is 3.05 bits per heavy atom. The van der Waals surface area contributed by atoms with Crippen molar-refractivity contribution < 1.29 is 14.3 Å². The second kappa shape index (κ2) is 6.05. The van der Waals surface area contributed by atoms with Crippen molar-refractivity contribution in [2.24, 2.45) is 0 Å². The molecule has 1 aromatic heterocycles. The van der Waals surface area contributed by atoms with E-state index in [1.807, 2.05) is 11.6 Å². The minimum absolute atomic E-state index is 0.183. The summed E-state index contributed by atoms with van der Waals surface area (Å²) in [6.45, 7) is 4.93. The second-order valence-corrected chi connectivity index (χ2v) is 5.10. The summed E-state index contributed by atoms with van der Waals surface area (Å²) in [6.07, 6.45) is 2.47. The highest BCUT2D eigenvalue weighted by Crippen LogP contribution is 2.32. The molecule has 0 radical (unpaired) electrons. The van der Waals surface area contributed by atoms with Gasteiger partial charge in [-0.1, -0.05) is 6.92 Å². The molecule has 0 saturated heterocycles. The monoisotopic (exact) mass is 302 g/mol. The van der Waals surface area contributed by atoms with Gasteiger partial charge in [0, 0.05) is 12.1 Å². The van der Waals surface area contributed by atoms with Crippen LogP contribution in [0.15, 0.2) is 24.5 Å². The van der Waals surface area contributed by atoms with Crippen LogP contribution in [0.1, 0.15) is 42.5 Å². The largest absolute Gasteiger partial charge is 0.454 e. The van der Waals surface area contributed by atoms with Crippen LogP contribution < -0.4 is 14.8 Å². The molecular formula is C15H18N4O3. The highest BCUT2D eigenvalue weighted by molar-refractivity contribution is 5.95. The first kappa shape index (κ1) is 14.4. The van der Waals surface area contributed by atoms with Crippen molar-refractivity contribution in [1.82, 2.24) is 20.1 Å². The van der Waals surface area contributed by atoms with Gasteiger partial charge in [0.05, 0.1) is 6.04 Å². The van der Waals surface area contributed by atoms with E-state index in [0.29, 0.717) is 17.1 Å². The number of benzene rings is 1. The molecule has 1 N–H and O–H groups in total. The lowest BCUT2D eigenvalue weighted by atomic mass is 10.1. The van der Waals surface area contributed by atoms with Gasteiger partial charge in [-0.15, -0.1) is 0 Å². The number of carbonyl (C=O) groups excluding carboxylic acids is 1. The maximum atomic E-state index is 12.4. The summed E-state index contributed by atoms with van der Waals surface area (Å²) in [4.78, 5) is 16.6. The molecule has 0 saturated carbocycles. The molecule has 1 aliphatic heterocycles. The van der Waals surface area contributed by atoms with Crippen molar-refractivity contribution in [1.29, 1.82) is 0 Å². The van der Waals surface area contributed by atoms with Crippen LogP contribution in [0.2, 0.25) is 0 Å². The Hall–Kier alpha value is -2.57. The van der Waals surface area contributed by atoms with E-state index in [-0.39, 0.29) is 18.7 Å². The number of ether oxygens (including phenoxy) is 2. The van der Waals surface area contributed by atoms with Crippen LogP contribution in [0, 0.1) is 0 Å². The quantitative estimate of drug-likeness (QED) is 0.912. The summed E-state index contributed by atoms with van der Waals surface area (Å²) in [6, 6.07) is 4.90. The minimum atomic E-state index is -0.230. The van der Waals surface area contributed by atoms with Gasteiger partial charge in [0.15, 0.2) is 11.5 Å². The second-order valence-electron chi connectivity index (χ2n) is 5.10. The summed E-state index contributed by atoms with van der Waals surface area (Å²) >= 11 is 0. The number of hydrogen-bond acceptors (Lipinski definition) is 5. The van der Waals surface area contributed by atoms with Crippen LogP contribution in [0.4, 0.5) is 0 Å². The Morgan fingerprint density at radius 1 is 1.41 bits per heavy atom. The maximum Gasteiger partial charge on any atom is 0.252 e. The molecule has 1 atom stereocenters. The number of rotatable bonds is 5. The first-order valence-corrected chi connectivity index (χ1v) is 7.27. The van der Waals surface area contributed by atoms with E-state index in [1.165, 1.54) is 6.33 Å². The average molecular weight is 302 g/mol. The molecule has 0 unspecified atom stereocenters. The van der Waals surface area contributed by atoms with Gasteiger partial charge in [-0.25, -0.2) is 9.67 Å². The molecule has 0 fully saturated rings. The van der Waals surface area contributed by atoms with Crippen LogP contribution in [0.25, 0.3) is 0 Å². The molecule has 0 spiro atoms. The molecule has 3 rings (SSSR count). The van der Waals surface area contributed by atoms with Gasteiger partial charge in [0.1, 0.15) is 12.2 Å². The fraction of sp³-hybridized carbons (Fsp3) is 0.400. The number of nitrogens with zero attached hydrogens (tertiary/aromatic N) is 3. The molecule has 7 nitrogen and oxygen atoms in total. The first-order valence-electron chi connectivity index (χ1n) is 7.27. The van der Waals surface area contributed by atoms with Crippen molar-refractivity contribution in [3.63, 3.8) is 0 Å². The lowest BCUT2D eigenvalue weighted by Gasteiger charge is -2.14. The molecule has 22 heavy (non-hydrogen) atoms. The van der Waals surface area contributed by atoms with Crippen molar-refractivity contribution in [2.45, 2.75) is 32.9 Å². The number of amides is 1. The molecule has 116 valence electrons. The van der Waals surface area contributed by atoms with E-state index in [2.05, 4.69) is 22.3 Å². The van der Waals surface area contributed by atoms with Gasteiger partial charge >= 0.3 is 0 Å². The molecule has 1 amide bonds. The highest BCUT2D eigenvalue weighted by Gasteiger charge is 2.19. The Bertz CT molecular complexity index is 683.